The summed E-state index contributed by atoms with van der Waals surface area (Å²) in [6, 6.07) is 21.2. The number of halogens is 4. The minimum absolute atomic E-state index is 0.286. The predicted molar refractivity (Wildman–Crippen MR) is 153 cm³/mol. The third kappa shape index (κ3) is 4.51. The highest BCUT2D eigenvalue weighted by Gasteiger charge is 2.51. The van der Waals surface area contributed by atoms with Crippen molar-refractivity contribution in [1.29, 1.82) is 0 Å². The van der Waals surface area contributed by atoms with Crippen molar-refractivity contribution in [3.05, 3.63) is 97.7 Å². The van der Waals surface area contributed by atoms with Gasteiger partial charge in [0.25, 0.3) is 5.89 Å². The van der Waals surface area contributed by atoms with Gasteiger partial charge in [0.2, 0.25) is 5.89 Å². The van der Waals surface area contributed by atoms with Crippen LogP contribution in [-0.4, -0.2) is 26.2 Å². The van der Waals surface area contributed by atoms with Gasteiger partial charge in [-0.15, -0.1) is 22.0 Å². The Morgan fingerprint density at radius 1 is 0.919 bits per heavy atom. The van der Waals surface area contributed by atoms with Gasteiger partial charge in [-0.1, -0.05) is 75.0 Å². The maximum Gasteiger partial charge on any atom is 0.269 e. The molecule has 2 aromatic heterocycles. The Hall–Kier alpha value is -2.29. The fourth-order valence-electron chi connectivity index (χ4n) is 4.46. The summed E-state index contributed by atoms with van der Waals surface area (Å²) in [7, 11) is 0. The Morgan fingerprint density at radius 3 is 2.27 bits per heavy atom. The number of aromatic nitrogens is 4. The van der Waals surface area contributed by atoms with Crippen LogP contribution in [0.15, 0.2) is 80.5 Å². The van der Waals surface area contributed by atoms with E-state index < -0.39 is 0 Å². The minimum Gasteiger partial charge on any atom is -0.418 e. The van der Waals surface area contributed by atoms with E-state index in [2.05, 4.69) is 26.1 Å². The lowest BCUT2D eigenvalue weighted by molar-refractivity contribution is 0.470. The molecule has 5 nitrogen and oxygen atoms in total. The summed E-state index contributed by atoms with van der Waals surface area (Å²) >= 11 is 24.0. The first-order valence-electron chi connectivity index (χ1n) is 11.4. The summed E-state index contributed by atoms with van der Waals surface area (Å²) in [5.41, 5.74) is 3.97. The van der Waals surface area contributed by atoms with E-state index in [1.165, 1.54) is 0 Å². The van der Waals surface area contributed by atoms with Crippen LogP contribution in [0.5, 0.6) is 0 Å². The van der Waals surface area contributed by atoms with Gasteiger partial charge in [-0.25, -0.2) is 4.68 Å². The first-order valence-corrected chi connectivity index (χ1v) is 14.5. The van der Waals surface area contributed by atoms with E-state index in [1.54, 1.807) is 23.9 Å². The molecular weight excluding hydrogens is 615 g/mol. The van der Waals surface area contributed by atoms with Gasteiger partial charge in [-0.3, -0.25) is 0 Å². The smallest absolute Gasteiger partial charge is 0.269 e. The SMILES string of the molecule is CSc1c(-c2nnc(C3(c4ccc(Cl)cc4)CC3)o2)nn(-c2ccc(Cl)cc2Cl)c1-c1ccc(Br)cc1. The topological polar surface area (TPSA) is 56.7 Å². The molecule has 0 unspecified atom stereocenters. The summed E-state index contributed by atoms with van der Waals surface area (Å²) in [6.45, 7) is 0. The largest absolute Gasteiger partial charge is 0.418 e. The van der Waals surface area contributed by atoms with Crippen molar-refractivity contribution < 1.29 is 4.42 Å². The van der Waals surface area contributed by atoms with E-state index in [1.807, 2.05) is 65.5 Å². The van der Waals surface area contributed by atoms with Crippen LogP contribution in [0.3, 0.4) is 0 Å². The van der Waals surface area contributed by atoms with Gasteiger partial charge in [-0.05, 0) is 67.1 Å². The van der Waals surface area contributed by atoms with Gasteiger partial charge in [0.15, 0.2) is 5.69 Å². The highest BCUT2D eigenvalue weighted by Crippen LogP contribution is 2.53. The van der Waals surface area contributed by atoms with Crippen molar-refractivity contribution in [2.75, 3.05) is 6.26 Å². The lowest BCUT2D eigenvalue weighted by atomic mass is 9.96. The van der Waals surface area contributed by atoms with Gasteiger partial charge < -0.3 is 4.42 Å². The van der Waals surface area contributed by atoms with Crippen LogP contribution >= 0.6 is 62.5 Å². The number of hydrogen-bond donors (Lipinski definition) is 0. The van der Waals surface area contributed by atoms with Crippen molar-refractivity contribution in [1.82, 2.24) is 20.0 Å². The van der Waals surface area contributed by atoms with Gasteiger partial charge >= 0.3 is 0 Å². The van der Waals surface area contributed by atoms with Crippen LogP contribution in [0.1, 0.15) is 24.3 Å². The molecule has 0 atom stereocenters. The highest BCUT2D eigenvalue weighted by atomic mass is 79.9. The van der Waals surface area contributed by atoms with Gasteiger partial charge in [-0.2, -0.15) is 5.10 Å². The third-order valence-corrected chi connectivity index (χ3v) is 8.60. The molecule has 0 aliphatic heterocycles. The van der Waals surface area contributed by atoms with Gasteiger partial charge in [0.1, 0.15) is 0 Å². The van der Waals surface area contributed by atoms with Crippen LogP contribution in [0.25, 0.3) is 28.5 Å². The molecule has 1 aliphatic rings. The summed E-state index contributed by atoms with van der Waals surface area (Å²) in [6.07, 6.45) is 3.87. The maximum atomic E-state index is 6.63. The zero-order chi connectivity index (χ0) is 25.7. The predicted octanol–water partition coefficient (Wildman–Crippen LogP) is 9.11. The first kappa shape index (κ1) is 25.0. The van der Waals surface area contributed by atoms with E-state index in [4.69, 9.17) is 44.3 Å². The lowest BCUT2D eigenvalue weighted by Gasteiger charge is -2.11. The standard InChI is InChI=1S/C27H18BrCl3N4OS/c1-37-24-22(25-32-33-26(36-25)27(12-13-27)16-4-8-18(29)9-5-16)34-35(21-11-10-19(30)14-20(21)31)23(24)15-2-6-17(28)7-3-15/h2-11,14H,12-13H2,1H3. The van der Waals surface area contributed by atoms with Crippen molar-refractivity contribution in [2.45, 2.75) is 23.2 Å². The maximum absolute atomic E-state index is 6.63. The number of nitrogens with zero attached hydrogens (tertiary/aromatic N) is 4. The molecule has 1 aliphatic carbocycles. The van der Waals surface area contributed by atoms with Crippen LogP contribution in [0.2, 0.25) is 15.1 Å². The van der Waals surface area contributed by atoms with Crippen LogP contribution in [0.4, 0.5) is 0 Å². The Kier molecular flexibility index (Phi) is 6.62. The molecule has 0 N–H and O–H groups in total. The Balaban J connectivity index is 1.51. The average molecular weight is 633 g/mol. The average Bonchev–Trinajstić information content (AvgIpc) is 3.38. The van der Waals surface area contributed by atoms with Gasteiger partial charge in [0, 0.05) is 20.1 Å². The number of hydrogen-bond acceptors (Lipinski definition) is 5. The summed E-state index contributed by atoms with van der Waals surface area (Å²) in [5, 5.41) is 15.6. The fourth-order valence-corrected chi connectivity index (χ4v) is 6.06. The second-order valence-electron chi connectivity index (χ2n) is 8.75. The van der Waals surface area contributed by atoms with Crippen molar-refractivity contribution >= 4 is 62.5 Å². The lowest BCUT2D eigenvalue weighted by Crippen LogP contribution is -2.08. The van der Waals surface area contributed by atoms with Crippen LogP contribution in [0, 0.1) is 0 Å². The van der Waals surface area contributed by atoms with Crippen LogP contribution in [-0.2, 0) is 5.41 Å². The Labute approximate surface area is 241 Å². The molecule has 1 fully saturated rings. The molecule has 186 valence electrons. The molecule has 1 saturated carbocycles. The highest BCUT2D eigenvalue weighted by molar-refractivity contribution is 9.10. The molecule has 3 aromatic carbocycles. The van der Waals surface area contributed by atoms with Crippen molar-refractivity contribution in [3.63, 3.8) is 0 Å². The fraction of sp³-hybridized carbons (Fsp3) is 0.148. The Morgan fingerprint density at radius 2 is 1.62 bits per heavy atom. The first-order chi connectivity index (χ1) is 17.9. The summed E-state index contributed by atoms with van der Waals surface area (Å²) < 4.78 is 9.13. The van der Waals surface area contributed by atoms with E-state index >= 15 is 0 Å². The zero-order valence-electron chi connectivity index (χ0n) is 19.4. The second kappa shape index (κ2) is 9.79. The summed E-state index contributed by atoms with van der Waals surface area (Å²) in [4.78, 5) is 0.903. The van der Waals surface area contributed by atoms with Gasteiger partial charge in [0.05, 0.1) is 26.7 Å². The van der Waals surface area contributed by atoms with E-state index in [-0.39, 0.29) is 5.41 Å². The number of thioether (sulfide) groups is 1. The molecule has 10 heteroatoms. The molecular formula is C27H18BrCl3N4OS. The second-order valence-corrected chi connectivity index (χ2v) is 11.8. The third-order valence-electron chi connectivity index (χ3n) is 6.49. The van der Waals surface area contributed by atoms with E-state index in [0.29, 0.717) is 38.2 Å². The molecule has 37 heavy (non-hydrogen) atoms. The molecule has 2 heterocycles. The van der Waals surface area contributed by atoms with E-state index in [0.717, 1.165) is 39.0 Å². The molecule has 0 amide bonds. The zero-order valence-corrected chi connectivity index (χ0v) is 24.1. The molecule has 0 saturated heterocycles. The van der Waals surface area contributed by atoms with Crippen LogP contribution < -0.4 is 0 Å². The monoisotopic (exact) mass is 630 g/mol. The molecule has 0 bridgehead atoms. The molecule has 6 rings (SSSR count). The molecule has 0 spiro atoms. The summed E-state index contributed by atoms with van der Waals surface area (Å²) in [5.74, 6) is 0.947. The number of benzene rings is 3. The minimum atomic E-state index is -0.286. The Bertz CT molecular complexity index is 1610. The molecule has 5 aromatic rings. The number of rotatable bonds is 6. The van der Waals surface area contributed by atoms with Crippen molar-refractivity contribution in [3.8, 4) is 28.5 Å². The molecule has 0 radical (unpaired) electrons. The van der Waals surface area contributed by atoms with Crippen molar-refractivity contribution in [2.24, 2.45) is 0 Å². The quantitative estimate of drug-likeness (QED) is 0.175. The van der Waals surface area contributed by atoms with E-state index in [9.17, 15) is 0 Å². The normalized spacial score (nSPS) is 14.2.